The van der Waals surface area contributed by atoms with Crippen LogP contribution in [0, 0.1) is 0 Å². The maximum atomic E-state index is 12.4. The molecular formula is C16H24ClN5O3. The zero-order valence-corrected chi connectivity index (χ0v) is 14.8. The van der Waals surface area contributed by atoms with E-state index in [0.717, 1.165) is 43.7 Å². The Morgan fingerprint density at radius 1 is 1.36 bits per heavy atom. The molecule has 25 heavy (non-hydrogen) atoms. The van der Waals surface area contributed by atoms with Crippen LogP contribution in [0.1, 0.15) is 18.9 Å². The first kappa shape index (κ1) is 18.2. The Balaban J connectivity index is 0.00000182. The molecule has 9 heteroatoms. The van der Waals surface area contributed by atoms with Gasteiger partial charge in [-0.05, 0) is 32.0 Å². The minimum atomic E-state index is -0.174. The van der Waals surface area contributed by atoms with Crippen LogP contribution in [0.25, 0.3) is 11.2 Å². The molecule has 0 spiro atoms. The molecule has 0 radical (unpaired) electrons. The number of imidazole rings is 1. The third-order valence-electron chi connectivity index (χ3n) is 4.94. The number of aliphatic hydroxyl groups excluding tert-OH is 1. The monoisotopic (exact) mass is 369 g/mol. The molecule has 138 valence electrons. The molecule has 1 atom stereocenters. The van der Waals surface area contributed by atoms with Gasteiger partial charge in [0.15, 0.2) is 5.65 Å². The van der Waals surface area contributed by atoms with E-state index in [1.165, 1.54) is 0 Å². The van der Waals surface area contributed by atoms with Crippen molar-refractivity contribution in [3.8, 4) is 0 Å². The smallest absolute Gasteiger partial charge is 0.327 e. The lowest BCUT2D eigenvalue weighted by molar-refractivity contribution is 0.00356. The molecule has 2 aromatic rings. The molecular weight excluding hydrogens is 346 g/mol. The fraction of sp³-hybridized carbons (Fsp3) is 0.625. The number of nitrogens with zero attached hydrogens (tertiary/aromatic N) is 3. The van der Waals surface area contributed by atoms with Gasteiger partial charge >= 0.3 is 5.69 Å². The van der Waals surface area contributed by atoms with Gasteiger partial charge in [-0.25, -0.2) is 9.78 Å². The van der Waals surface area contributed by atoms with Gasteiger partial charge in [0.2, 0.25) is 0 Å². The van der Waals surface area contributed by atoms with Crippen LogP contribution in [0.5, 0.6) is 0 Å². The Labute approximate surface area is 151 Å². The van der Waals surface area contributed by atoms with Crippen LogP contribution in [0.2, 0.25) is 0 Å². The van der Waals surface area contributed by atoms with Crippen molar-refractivity contribution >= 4 is 29.3 Å². The summed E-state index contributed by atoms with van der Waals surface area (Å²) < 4.78 is 7.37. The quantitative estimate of drug-likeness (QED) is 0.718. The molecule has 0 amide bonds. The SMILES string of the molecule is Cl.O=c1[nH]c2ncc(N3CCO[C@@H](CO)C3)cc2n1C1CCNCC1. The fourth-order valence-electron chi connectivity index (χ4n) is 3.66. The zero-order chi connectivity index (χ0) is 16.5. The molecule has 2 aliphatic rings. The van der Waals surface area contributed by atoms with Crippen LogP contribution in [-0.2, 0) is 4.74 Å². The summed E-state index contributed by atoms with van der Waals surface area (Å²) in [5.41, 5.74) is 2.37. The van der Waals surface area contributed by atoms with E-state index in [2.05, 4.69) is 20.2 Å². The van der Waals surface area contributed by atoms with Crippen molar-refractivity contribution < 1.29 is 9.84 Å². The summed E-state index contributed by atoms with van der Waals surface area (Å²) in [6.45, 7) is 3.84. The molecule has 0 aromatic carbocycles. The fourth-order valence-corrected chi connectivity index (χ4v) is 3.66. The number of piperidine rings is 1. The van der Waals surface area contributed by atoms with Gasteiger partial charge in [0.05, 0.1) is 36.7 Å². The molecule has 2 aromatic heterocycles. The molecule has 0 saturated carbocycles. The van der Waals surface area contributed by atoms with Crippen LogP contribution in [0.15, 0.2) is 17.1 Å². The number of nitrogens with one attached hydrogen (secondary N) is 2. The van der Waals surface area contributed by atoms with E-state index in [4.69, 9.17) is 4.74 Å². The van der Waals surface area contributed by atoms with Gasteiger partial charge in [-0.1, -0.05) is 0 Å². The second-order valence-electron chi connectivity index (χ2n) is 6.46. The van der Waals surface area contributed by atoms with Crippen molar-refractivity contribution in [2.45, 2.75) is 25.0 Å². The van der Waals surface area contributed by atoms with E-state index in [1.54, 1.807) is 6.20 Å². The van der Waals surface area contributed by atoms with Crippen molar-refractivity contribution in [1.82, 2.24) is 19.9 Å². The molecule has 4 heterocycles. The van der Waals surface area contributed by atoms with Crippen LogP contribution in [0.4, 0.5) is 5.69 Å². The predicted octanol–water partition coefficient (Wildman–Crippen LogP) is 0.268. The van der Waals surface area contributed by atoms with Crippen LogP contribution < -0.4 is 15.9 Å². The van der Waals surface area contributed by atoms with E-state index in [9.17, 15) is 9.90 Å². The normalized spacial score (nSPS) is 22.1. The summed E-state index contributed by atoms with van der Waals surface area (Å²) in [5.74, 6) is 0. The molecule has 3 N–H and O–H groups in total. The number of rotatable bonds is 3. The molecule has 2 fully saturated rings. The predicted molar refractivity (Wildman–Crippen MR) is 97.8 cm³/mol. The number of H-pyrrole nitrogens is 1. The first-order valence-corrected chi connectivity index (χ1v) is 8.54. The lowest BCUT2D eigenvalue weighted by Gasteiger charge is -2.33. The molecule has 2 saturated heterocycles. The maximum Gasteiger partial charge on any atom is 0.327 e. The molecule has 0 bridgehead atoms. The zero-order valence-electron chi connectivity index (χ0n) is 14.0. The van der Waals surface area contributed by atoms with Crippen molar-refractivity contribution in [2.75, 3.05) is 44.3 Å². The highest BCUT2D eigenvalue weighted by molar-refractivity contribution is 5.85. The molecule has 2 aliphatic heterocycles. The Morgan fingerprint density at radius 2 is 2.16 bits per heavy atom. The topological polar surface area (TPSA) is 95.4 Å². The third-order valence-corrected chi connectivity index (χ3v) is 4.94. The van der Waals surface area contributed by atoms with Gasteiger partial charge in [0.25, 0.3) is 0 Å². The van der Waals surface area contributed by atoms with Crippen LogP contribution in [-0.4, -0.2) is 65.1 Å². The van der Waals surface area contributed by atoms with E-state index < -0.39 is 0 Å². The largest absolute Gasteiger partial charge is 0.394 e. The summed E-state index contributed by atoms with van der Waals surface area (Å²) in [5, 5.41) is 12.7. The number of ether oxygens (including phenoxy) is 1. The Bertz CT molecular complexity index is 771. The number of morpholine rings is 1. The van der Waals surface area contributed by atoms with Crippen molar-refractivity contribution in [3.63, 3.8) is 0 Å². The summed E-state index contributed by atoms with van der Waals surface area (Å²) in [7, 11) is 0. The molecule has 0 aliphatic carbocycles. The number of anilines is 1. The van der Waals surface area contributed by atoms with Crippen LogP contribution >= 0.6 is 12.4 Å². The Hall–Kier alpha value is -1.61. The number of aliphatic hydroxyl groups is 1. The highest BCUT2D eigenvalue weighted by Gasteiger charge is 2.23. The average Bonchev–Trinajstić information content (AvgIpc) is 2.97. The van der Waals surface area contributed by atoms with E-state index in [1.807, 2.05) is 10.6 Å². The standard InChI is InChI=1S/C16H23N5O3.ClH/c22-10-13-9-20(5-6-24-13)12-7-14-15(18-8-12)19-16(23)21(14)11-1-3-17-4-2-11;/h7-8,11,13,17,22H,1-6,9-10H2,(H,18,19,23);1H/t13-;/m1./s1. The number of hydrogen-bond acceptors (Lipinski definition) is 6. The van der Waals surface area contributed by atoms with Crippen molar-refractivity contribution in [2.24, 2.45) is 0 Å². The van der Waals surface area contributed by atoms with Gasteiger partial charge in [-0.2, -0.15) is 0 Å². The first-order valence-electron chi connectivity index (χ1n) is 8.54. The molecule has 0 unspecified atom stereocenters. The number of aromatic amines is 1. The van der Waals surface area contributed by atoms with Gasteiger partial charge in [0, 0.05) is 19.1 Å². The lowest BCUT2D eigenvalue weighted by atomic mass is 10.1. The second-order valence-corrected chi connectivity index (χ2v) is 6.46. The second kappa shape index (κ2) is 7.74. The first-order chi connectivity index (χ1) is 11.8. The van der Waals surface area contributed by atoms with E-state index in [-0.39, 0.29) is 36.8 Å². The highest BCUT2D eigenvalue weighted by atomic mass is 35.5. The number of fused-ring (bicyclic) bond motifs is 1. The minimum Gasteiger partial charge on any atom is -0.394 e. The molecule has 4 rings (SSSR count). The summed E-state index contributed by atoms with van der Waals surface area (Å²) in [6, 6.07) is 2.24. The van der Waals surface area contributed by atoms with Gasteiger partial charge in [0.1, 0.15) is 0 Å². The number of hydrogen-bond donors (Lipinski definition) is 3. The van der Waals surface area contributed by atoms with Crippen molar-refractivity contribution in [1.29, 1.82) is 0 Å². The van der Waals surface area contributed by atoms with E-state index in [0.29, 0.717) is 18.8 Å². The summed E-state index contributed by atoms with van der Waals surface area (Å²) in [4.78, 5) is 21.9. The van der Waals surface area contributed by atoms with Crippen LogP contribution in [0.3, 0.4) is 0 Å². The number of halogens is 1. The average molecular weight is 370 g/mol. The van der Waals surface area contributed by atoms with Crippen molar-refractivity contribution in [3.05, 3.63) is 22.7 Å². The Kier molecular flexibility index (Phi) is 5.63. The van der Waals surface area contributed by atoms with Gasteiger partial charge < -0.3 is 20.1 Å². The van der Waals surface area contributed by atoms with E-state index >= 15 is 0 Å². The Morgan fingerprint density at radius 3 is 2.92 bits per heavy atom. The molecule has 8 nitrogen and oxygen atoms in total. The van der Waals surface area contributed by atoms with Gasteiger partial charge in [-0.3, -0.25) is 9.55 Å². The summed E-state index contributed by atoms with van der Waals surface area (Å²) in [6.07, 6.45) is 3.50. The lowest BCUT2D eigenvalue weighted by Crippen LogP contribution is -2.44. The minimum absolute atomic E-state index is 0. The van der Waals surface area contributed by atoms with Gasteiger partial charge in [-0.15, -0.1) is 12.4 Å². The third kappa shape index (κ3) is 3.52. The number of aromatic nitrogens is 3. The number of pyridine rings is 1. The maximum absolute atomic E-state index is 12.4. The summed E-state index contributed by atoms with van der Waals surface area (Å²) >= 11 is 0. The highest BCUT2D eigenvalue weighted by Crippen LogP contribution is 2.25.